The molecule has 1 aliphatic heterocycles. The molecule has 3 heterocycles. The molecule has 1 N–H and O–H groups in total. The summed E-state index contributed by atoms with van der Waals surface area (Å²) in [6.07, 6.45) is 1.74. The second-order valence-corrected chi connectivity index (χ2v) is 9.18. The Labute approximate surface area is 207 Å². The van der Waals surface area contributed by atoms with Crippen LogP contribution in [-0.4, -0.2) is 60.5 Å². The lowest BCUT2D eigenvalue weighted by Gasteiger charge is -2.23. The van der Waals surface area contributed by atoms with E-state index < -0.39 is 0 Å². The third-order valence-electron chi connectivity index (χ3n) is 6.58. The number of ether oxygens (including phenoxy) is 1. The molecular weight excluding hydrogens is 440 g/mol. The lowest BCUT2D eigenvalue weighted by atomic mass is 10.1. The Morgan fingerprint density at radius 1 is 1.14 bits per heavy atom. The summed E-state index contributed by atoms with van der Waals surface area (Å²) in [5.74, 6) is 1.61. The second kappa shape index (κ2) is 10.5. The fourth-order valence-corrected chi connectivity index (χ4v) is 4.71. The molecule has 186 valence electrons. The summed E-state index contributed by atoms with van der Waals surface area (Å²) in [4.78, 5) is 27.4. The zero-order valence-electron chi connectivity index (χ0n) is 21.6. The zero-order chi connectivity index (χ0) is 25.1. The van der Waals surface area contributed by atoms with Gasteiger partial charge in [0.15, 0.2) is 0 Å². The molecule has 8 heteroatoms. The molecule has 2 aromatic heterocycles. The van der Waals surface area contributed by atoms with Gasteiger partial charge in [-0.05, 0) is 63.6 Å². The monoisotopic (exact) mass is 476 g/mol. The van der Waals surface area contributed by atoms with Crippen molar-refractivity contribution in [1.29, 1.82) is 0 Å². The summed E-state index contributed by atoms with van der Waals surface area (Å²) < 4.78 is 7.81. The van der Waals surface area contributed by atoms with Crippen molar-refractivity contribution in [3.8, 4) is 11.4 Å². The molecule has 35 heavy (non-hydrogen) atoms. The summed E-state index contributed by atoms with van der Waals surface area (Å²) in [7, 11) is 4.04. The van der Waals surface area contributed by atoms with Crippen molar-refractivity contribution in [3.05, 3.63) is 64.2 Å². The first kappa shape index (κ1) is 24.7. The third-order valence-corrected chi connectivity index (χ3v) is 6.58. The van der Waals surface area contributed by atoms with Crippen LogP contribution in [0.2, 0.25) is 0 Å². The van der Waals surface area contributed by atoms with Crippen LogP contribution in [0.1, 0.15) is 25.1 Å². The molecule has 0 amide bonds. The minimum absolute atomic E-state index is 0.0533. The van der Waals surface area contributed by atoms with Gasteiger partial charge in [0, 0.05) is 57.8 Å². The molecule has 3 aromatic rings. The molecule has 1 unspecified atom stereocenters. The van der Waals surface area contributed by atoms with Gasteiger partial charge >= 0.3 is 0 Å². The minimum Gasteiger partial charge on any atom is -0.378 e. The molecule has 0 bridgehead atoms. The standard InChI is InChI=1S/C27H36N6O2/c1-7-33-26(21-13-12-20(31(5)6)15-18(21)3)29-19(4)25(27(33)34)30-22-16-32(17-23(22)35-8-2)24-11-9-10-14-28-24/h9-15,22-23,30H,7-8,16-17H2,1-6H3/t22?,23-/m0/s1. The zero-order valence-corrected chi connectivity index (χ0v) is 21.6. The number of pyridine rings is 1. The van der Waals surface area contributed by atoms with Gasteiger partial charge < -0.3 is 19.9 Å². The van der Waals surface area contributed by atoms with Crippen LogP contribution < -0.4 is 20.7 Å². The maximum absolute atomic E-state index is 13.7. The highest BCUT2D eigenvalue weighted by molar-refractivity contribution is 5.67. The SMILES string of the molecule is CCO[C@H]1CN(c2ccccn2)CC1Nc1c(C)nc(-c2ccc(N(C)C)cc2C)n(CC)c1=O. The van der Waals surface area contributed by atoms with E-state index in [4.69, 9.17) is 9.72 Å². The number of aryl methyl sites for hydroxylation is 2. The van der Waals surface area contributed by atoms with Crippen molar-refractivity contribution in [3.63, 3.8) is 0 Å². The van der Waals surface area contributed by atoms with Crippen molar-refractivity contribution in [1.82, 2.24) is 14.5 Å². The number of rotatable bonds is 8. The molecule has 4 rings (SSSR count). The number of hydrogen-bond donors (Lipinski definition) is 1. The number of nitrogens with one attached hydrogen (secondary N) is 1. The van der Waals surface area contributed by atoms with Crippen molar-refractivity contribution >= 4 is 17.2 Å². The summed E-state index contributed by atoms with van der Waals surface area (Å²) in [5.41, 5.74) is 4.35. The van der Waals surface area contributed by atoms with Crippen molar-refractivity contribution in [2.75, 3.05) is 48.9 Å². The van der Waals surface area contributed by atoms with Gasteiger partial charge in [-0.25, -0.2) is 9.97 Å². The van der Waals surface area contributed by atoms with Gasteiger partial charge in [0.2, 0.25) is 0 Å². The van der Waals surface area contributed by atoms with Crippen LogP contribution in [0, 0.1) is 13.8 Å². The van der Waals surface area contributed by atoms with Gasteiger partial charge in [-0.2, -0.15) is 0 Å². The summed E-state index contributed by atoms with van der Waals surface area (Å²) in [6.45, 7) is 10.5. The van der Waals surface area contributed by atoms with Crippen LogP contribution in [0.15, 0.2) is 47.4 Å². The van der Waals surface area contributed by atoms with E-state index in [2.05, 4.69) is 45.2 Å². The highest BCUT2D eigenvalue weighted by atomic mass is 16.5. The number of aromatic nitrogens is 3. The second-order valence-electron chi connectivity index (χ2n) is 9.18. The summed E-state index contributed by atoms with van der Waals surface area (Å²) >= 11 is 0. The van der Waals surface area contributed by atoms with E-state index in [0.717, 1.165) is 22.6 Å². The molecule has 8 nitrogen and oxygen atoms in total. The summed E-state index contributed by atoms with van der Waals surface area (Å²) in [6, 6.07) is 12.1. The first-order valence-corrected chi connectivity index (χ1v) is 12.3. The fraction of sp³-hybridized carbons (Fsp3) is 0.444. The quantitative estimate of drug-likeness (QED) is 0.531. The van der Waals surface area contributed by atoms with E-state index in [1.54, 1.807) is 10.8 Å². The van der Waals surface area contributed by atoms with Crippen molar-refractivity contribution in [2.45, 2.75) is 46.4 Å². The Kier molecular flexibility index (Phi) is 7.40. The Balaban J connectivity index is 1.68. The molecule has 0 spiro atoms. The van der Waals surface area contributed by atoms with Gasteiger partial charge in [-0.15, -0.1) is 0 Å². The molecular formula is C27H36N6O2. The van der Waals surface area contributed by atoms with Gasteiger partial charge in [0.05, 0.1) is 17.8 Å². The number of anilines is 3. The van der Waals surface area contributed by atoms with Gasteiger partial charge in [0.25, 0.3) is 5.56 Å². The van der Waals surface area contributed by atoms with E-state index in [9.17, 15) is 4.79 Å². The van der Waals surface area contributed by atoms with E-state index in [1.165, 1.54) is 0 Å². The van der Waals surface area contributed by atoms with Crippen LogP contribution in [0.3, 0.4) is 0 Å². The molecule has 1 fully saturated rings. The van der Waals surface area contributed by atoms with Crippen LogP contribution in [-0.2, 0) is 11.3 Å². The molecule has 1 saturated heterocycles. The predicted molar refractivity (Wildman–Crippen MR) is 143 cm³/mol. The van der Waals surface area contributed by atoms with E-state index >= 15 is 0 Å². The smallest absolute Gasteiger partial charge is 0.277 e. The van der Waals surface area contributed by atoms with Gasteiger partial charge in [-0.1, -0.05) is 6.07 Å². The van der Waals surface area contributed by atoms with Crippen LogP contribution in [0.5, 0.6) is 0 Å². The lowest BCUT2D eigenvalue weighted by molar-refractivity contribution is 0.0720. The molecule has 0 saturated carbocycles. The van der Waals surface area contributed by atoms with Gasteiger partial charge in [0.1, 0.15) is 17.3 Å². The number of benzene rings is 1. The van der Waals surface area contributed by atoms with Crippen LogP contribution in [0.25, 0.3) is 11.4 Å². The average molecular weight is 477 g/mol. The fourth-order valence-electron chi connectivity index (χ4n) is 4.71. The molecule has 1 aliphatic rings. The number of hydrogen-bond acceptors (Lipinski definition) is 7. The first-order valence-electron chi connectivity index (χ1n) is 12.3. The molecule has 1 aromatic carbocycles. The average Bonchev–Trinajstić information content (AvgIpc) is 3.24. The Morgan fingerprint density at radius 3 is 2.57 bits per heavy atom. The highest BCUT2D eigenvalue weighted by Crippen LogP contribution is 2.28. The highest BCUT2D eigenvalue weighted by Gasteiger charge is 2.35. The summed E-state index contributed by atoms with van der Waals surface area (Å²) in [5, 5.41) is 3.51. The Bertz CT molecular complexity index is 1220. The van der Waals surface area contributed by atoms with E-state index in [-0.39, 0.29) is 17.7 Å². The van der Waals surface area contributed by atoms with E-state index in [1.807, 2.05) is 53.1 Å². The Hall–Kier alpha value is -3.39. The predicted octanol–water partition coefficient (Wildman–Crippen LogP) is 3.71. The maximum atomic E-state index is 13.7. The molecule has 0 radical (unpaired) electrons. The largest absolute Gasteiger partial charge is 0.378 e. The lowest BCUT2D eigenvalue weighted by Crippen LogP contribution is -2.38. The normalized spacial score (nSPS) is 17.6. The van der Waals surface area contributed by atoms with Crippen molar-refractivity contribution < 1.29 is 4.74 Å². The number of nitrogens with zero attached hydrogens (tertiary/aromatic N) is 5. The van der Waals surface area contributed by atoms with Crippen LogP contribution >= 0.6 is 0 Å². The van der Waals surface area contributed by atoms with E-state index in [0.29, 0.717) is 43.4 Å². The topological polar surface area (TPSA) is 75.5 Å². The maximum Gasteiger partial charge on any atom is 0.277 e. The first-order chi connectivity index (χ1) is 16.8. The van der Waals surface area contributed by atoms with Crippen LogP contribution in [0.4, 0.5) is 17.2 Å². The minimum atomic E-state index is -0.0589. The molecule has 2 atom stereocenters. The van der Waals surface area contributed by atoms with Crippen molar-refractivity contribution in [2.24, 2.45) is 0 Å². The Morgan fingerprint density at radius 2 is 1.94 bits per heavy atom. The molecule has 0 aliphatic carbocycles. The third kappa shape index (κ3) is 5.03. The van der Waals surface area contributed by atoms with Gasteiger partial charge in [-0.3, -0.25) is 9.36 Å².